The first kappa shape index (κ1) is 16.6. The Labute approximate surface area is 136 Å². The SMILES string of the molecule is CC(=O)N/C(Nc1cc(C)cc(C)c1)=[NH+]/c1nc(C)cc(C)n1. The van der Waals surface area contributed by atoms with Crippen molar-refractivity contribution in [2.45, 2.75) is 34.6 Å². The second-order valence-corrected chi connectivity index (χ2v) is 5.66. The second kappa shape index (κ2) is 7.00. The van der Waals surface area contributed by atoms with Crippen LogP contribution in [0.5, 0.6) is 0 Å². The first-order chi connectivity index (χ1) is 10.8. The largest absolute Gasteiger partial charge is 0.354 e. The Hall–Kier alpha value is -2.76. The molecule has 1 amide bonds. The fraction of sp³-hybridized carbons (Fsp3) is 0.294. The van der Waals surface area contributed by atoms with E-state index in [9.17, 15) is 4.79 Å². The summed E-state index contributed by atoms with van der Waals surface area (Å²) in [5.41, 5.74) is 4.86. The van der Waals surface area contributed by atoms with E-state index in [-0.39, 0.29) is 5.91 Å². The van der Waals surface area contributed by atoms with Crippen molar-refractivity contribution in [2.75, 3.05) is 5.32 Å². The third-order valence-electron chi connectivity index (χ3n) is 3.01. The average Bonchev–Trinajstić information content (AvgIpc) is 2.34. The molecule has 3 N–H and O–H groups in total. The van der Waals surface area contributed by atoms with Crippen LogP contribution >= 0.6 is 0 Å². The molecular formula is C17H22N5O+. The highest BCUT2D eigenvalue weighted by Crippen LogP contribution is 2.13. The topological polar surface area (TPSA) is 80.9 Å². The second-order valence-electron chi connectivity index (χ2n) is 5.66. The van der Waals surface area contributed by atoms with Gasteiger partial charge in [-0.2, -0.15) is 0 Å². The number of carbonyl (C=O) groups excluding carboxylic acids is 1. The molecule has 6 heteroatoms. The molecule has 0 spiro atoms. The van der Waals surface area contributed by atoms with Crippen molar-refractivity contribution in [3.05, 3.63) is 46.8 Å². The van der Waals surface area contributed by atoms with Gasteiger partial charge in [-0.3, -0.25) is 10.1 Å². The van der Waals surface area contributed by atoms with Gasteiger partial charge in [0.15, 0.2) is 0 Å². The van der Waals surface area contributed by atoms with Gasteiger partial charge in [0.1, 0.15) is 0 Å². The van der Waals surface area contributed by atoms with Crippen LogP contribution in [0.25, 0.3) is 0 Å². The number of hydrogen-bond donors (Lipinski definition) is 3. The van der Waals surface area contributed by atoms with Crippen LogP contribution < -0.4 is 15.6 Å². The van der Waals surface area contributed by atoms with Crippen LogP contribution in [0.4, 0.5) is 11.6 Å². The smallest absolute Gasteiger partial charge is 0.277 e. The summed E-state index contributed by atoms with van der Waals surface area (Å²) in [4.78, 5) is 23.1. The minimum absolute atomic E-state index is 0.186. The number of hydrogen-bond acceptors (Lipinski definition) is 3. The van der Waals surface area contributed by atoms with Crippen molar-refractivity contribution in [3.63, 3.8) is 0 Å². The standard InChI is InChI=1S/C17H21N5O/c1-10-6-11(2)8-15(7-10)21-17(20-14(5)23)22-16-18-12(3)9-13(4)19-16/h6-9H,1-5H3,(H2,18,19,20,21,22,23)/p+1. The van der Waals surface area contributed by atoms with Crippen molar-refractivity contribution in [1.29, 1.82) is 0 Å². The molecule has 2 rings (SSSR count). The maximum absolute atomic E-state index is 11.4. The van der Waals surface area contributed by atoms with Crippen molar-refractivity contribution in [1.82, 2.24) is 15.3 Å². The highest BCUT2D eigenvalue weighted by Gasteiger charge is 2.11. The highest BCUT2D eigenvalue weighted by molar-refractivity contribution is 6.00. The van der Waals surface area contributed by atoms with Crippen LogP contribution in [0.2, 0.25) is 0 Å². The van der Waals surface area contributed by atoms with E-state index in [1.165, 1.54) is 6.92 Å². The Morgan fingerprint density at radius 1 is 0.957 bits per heavy atom. The number of aromatic nitrogens is 2. The number of rotatable bonds is 2. The molecule has 0 aliphatic heterocycles. The Bertz CT molecular complexity index is 727. The fourth-order valence-corrected chi connectivity index (χ4v) is 2.35. The van der Waals surface area contributed by atoms with Gasteiger partial charge in [0.05, 0.1) is 17.1 Å². The van der Waals surface area contributed by atoms with E-state index in [1.54, 1.807) is 0 Å². The van der Waals surface area contributed by atoms with Gasteiger partial charge >= 0.3 is 5.95 Å². The lowest BCUT2D eigenvalue weighted by Gasteiger charge is -2.08. The summed E-state index contributed by atoms with van der Waals surface area (Å²) in [6.45, 7) is 9.30. The molecule has 0 saturated carbocycles. The van der Waals surface area contributed by atoms with Gasteiger partial charge in [0, 0.05) is 13.0 Å². The summed E-state index contributed by atoms with van der Waals surface area (Å²) in [5, 5.41) is 5.90. The molecule has 0 aliphatic rings. The van der Waals surface area contributed by atoms with Gasteiger partial charge in [-0.15, -0.1) is 9.97 Å². The number of benzene rings is 1. The predicted octanol–water partition coefficient (Wildman–Crippen LogP) is 1.03. The number of carbonyl (C=O) groups is 1. The summed E-state index contributed by atoms with van der Waals surface area (Å²) in [6.07, 6.45) is 0. The van der Waals surface area contributed by atoms with Crippen LogP contribution in [0, 0.1) is 27.7 Å². The van der Waals surface area contributed by atoms with E-state index in [4.69, 9.17) is 0 Å². The number of guanidine groups is 1. The lowest BCUT2D eigenvalue weighted by Crippen LogP contribution is -2.74. The molecule has 0 unspecified atom stereocenters. The lowest BCUT2D eigenvalue weighted by atomic mass is 10.1. The summed E-state index contributed by atoms with van der Waals surface area (Å²) >= 11 is 0. The summed E-state index contributed by atoms with van der Waals surface area (Å²) < 4.78 is 0. The van der Waals surface area contributed by atoms with Crippen molar-refractivity contribution < 1.29 is 9.79 Å². The highest BCUT2D eigenvalue weighted by atomic mass is 16.1. The van der Waals surface area contributed by atoms with E-state index < -0.39 is 0 Å². The van der Waals surface area contributed by atoms with E-state index in [1.807, 2.05) is 45.9 Å². The molecule has 1 aromatic heterocycles. The lowest BCUT2D eigenvalue weighted by molar-refractivity contribution is -0.366. The van der Waals surface area contributed by atoms with E-state index in [0.29, 0.717) is 11.9 Å². The number of aryl methyl sites for hydroxylation is 4. The van der Waals surface area contributed by atoms with Gasteiger partial charge in [0.2, 0.25) is 0 Å². The maximum Gasteiger partial charge on any atom is 0.354 e. The predicted molar refractivity (Wildman–Crippen MR) is 90.5 cm³/mol. The van der Waals surface area contributed by atoms with Crippen LogP contribution in [0.15, 0.2) is 24.3 Å². The Balaban J connectivity index is 2.35. The Morgan fingerprint density at radius 3 is 2.04 bits per heavy atom. The zero-order valence-corrected chi connectivity index (χ0v) is 14.1. The van der Waals surface area contributed by atoms with E-state index >= 15 is 0 Å². The molecule has 2 aromatic rings. The molecule has 120 valence electrons. The molecular weight excluding hydrogens is 290 g/mol. The summed E-state index contributed by atoms with van der Waals surface area (Å²) in [5.74, 6) is 0.671. The summed E-state index contributed by atoms with van der Waals surface area (Å²) in [6, 6.07) is 7.97. The fourth-order valence-electron chi connectivity index (χ4n) is 2.35. The molecule has 0 bridgehead atoms. The molecule has 1 aromatic carbocycles. The van der Waals surface area contributed by atoms with Crippen LogP contribution in [-0.2, 0) is 4.79 Å². The van der Waals surface area contributed by atoms with Crippen molar-refractivity contribution in [3.8, 4) is 0 Å². The molecule has 0 radical (unpaired) electrons. The van der Waals surface area contributed by atoms with E-state index in [0.717, 1.165) is 28.2 Å². The minimum atomic E-state index is -0.186. The first-order valence-electron chi connectivity index (χ1n) is 7.41. The quantitative estimate of drug-likeness (QED) is 0.571. The molecule has 0 atom stereocenters. The molecule has 0 aliphatic carbocycles. The number of anilines is 1. The Kier molecular flexibility index (Phi) is 5.05. The Morgan fingerprint density at radius 2 is 1.52 bits per heavy atom. The zero-order valence-electron chi connectivity index (χ0n) is 14.1. The van der Waals surface area contributed by atoms with Gasteiger partial charge in [-0.25, -0.2) is 10.3 Å². The monoisotopic (exact) mass is 312 g/mol. The van der Waals surface area contributed by atoms with Gasteiger partial charge in [0.25, 0.3) is 11.9 Å². The van der Waals surface area contributed by atoms with Crippen LogP contribution in [0.1, 0.15) is 29.4 Å². The molecule has 0 saturated heterocycles. The number of amides is 1. The summed E-state index contributed by atoms with van der Waals surface area (Å²) in [7, 11) is 0. The normalized spacial score (nSPS) is 11.3. The zero-order chi connectivity index (χ0) is 17.0. The van der Waals surface area contributed by atoms with Gasteiger partial charge < -0.3 is 0 Å². The van der Waals surface area contributed by atoms with Crippen molar-refractivity contribution >= 4 is 23.5 Å². The minimum Gasteiger partial charge on any atom is -0.277 e. The van der Waals surface area contributed by atoms with Gasteiger partial charge in [-0.05, 0) is 51.0 Å². The van der Waals surface area contributed by atoms with Crippen LogP contribution in [0.3, 0.4) is 0 Å². The molecule has 0 fully saturated rings. The maximum atomic E-state index is 11.4. The number of nitrogens with zero attached hydrogens (tertiary/aromatic N) is 2. The van der Waals surface area contributed by atoms with Crippen molar-refractivity contribution in [2.24, 2.45) is 0 Å². The molecule has 1 heterocycles. The van der Waals surface area contributed by atoms with E-state index in [2.05, 4.69) is 31.7 Å². The van der Waals surface area contributed by atoms with Crippen LogP contribution in [-0.4, -0.2) is 21.8 Å². The number of nitrogens with one attached hydrogen (secondary N) is 3. The molecule has 23 heavy (non-hydrogen) atoms. The third-order valence-corrected chi connectivity index (χ3v) is 3.01. The third kappa shape index (κ3) is 5.18. The molecule has 6 nitrogen and oxygen atoms in total. The van der Waals surface area contributed by atoms with Gasteiger partial charge in [-0.1, -0.05) is 6.07 Å². The first-order valence-corrected chi connectivity index (χ1v) is 7.41. The average molecular weight is 312 g/mol.